The molecule has 0 amide bonds. The number of nitrogens with one attached hydrogen (secondary N) is 1. The summed E-state index contributed by atoms with van der Waals surface area (Å²) >= 11 is 7.34. The van der Waals surface area contributed by atoms with Gasteiger partial charge in [-0.15, -0.1) is 11.3 Å². The van der Waals surface area contributed by atoms with Gasteiger partial charge in [0, 0.05) is 40.8 Å². The van der Waals surface area contributed by atoms with Gasteiger partial charge in [0.25, 0.3) is 0 Å². The summed E-state index contributed by atoms with van der Waals surface area (Å²) in [5.74, 6) is -0.0425. The molecule has 1 N–H and O–H groups in total. The monoisotopic (exact) mass is 507 g/mol. The smallest absolute Gasteiger partial charge is 0.250 e. The molecule has 0 atom stereocenters. The minimum absolute atomic E-state index is 0.291. The SMILES string of the molecule is Cc1c(S(=O)(=O)NCC2CN(CCCc3noc4cc(F)ccc34)C2)sc2ccc(Cl)cc12. The highest BCUT2D eigenvalue weighted by Crippen LogP contribution is 2.35. The number of aromatic nitrogens is 1. The summed E-state index contributed by atoms with van der Waals surface area (Å²) in [6.07, 6.45) is 1.66. The van der Waals surface area contributed by atoms with E-state index in [9.17, 15) is 12.8 Å². The fourth-order valence-electron chi connectivity index (χ4n) is 4.32. The van der Waals surface area contributed by atoms with Gasteiger partial charge in [0.1, 0.15) is 10.0 Å². The molecule has 0 bridgehead atoms. The van der Waals surface area contributed by atoms with Crippen LogP contribution in [0.2, 0.25) is 5.02 Å². The number of rotatable bonds is 8. The third kappa shape index (κ3) is 4.65. The Morgan fingerprint density at radius 3 is 2.88 bits per heavy atom. The normalized spacial score (nSPS) is 15.5. The molecule has 0 saturated carbocycles. The van der Waals surface area contributed by atoms with Crippen LogP contribution >= 0.6 is 22.9 Å². The fraction of sp³-hybridized carbons (Fsp3) is 0.348. The topological polar surface area (TPSA) is 75.4 Å². The Bertz CT molecular complexity index is 1430. The average Bonchev–Trinajstić information content (AvgIpc) is 3.30. The second kappa shape index (κ2) is 8.96. The molecule has 2 aromatic heterocycles. The van der Waals surface area contributed by atoms with E-state index >= 15 is 0 Å². The summed E-state index contributed by atoms with van der Waals surface area (Å²) in [5, 5.41) is 6.39. The molecule has 10 heteroatoms. The summed E-state index contributed by atoms with van der Waals surface area (Å²) in [6.45, 7) is 4.85. The maximum atomic E-state index is 13.3. The molecule has 0 radical (unpaired) electrons. The van der Waals surface area contributed by atoms with Crippen molar-refractivity contribution >= 4 is 54.0 Å². The highest BCUT2D eigenvalue weighted by molar-refractivity contribution is 7.91. The number of benzene rings is 2. The van der Waals surface area contributed by atoms with Crippen LogP contribution in [0.25, 0.3) is 21.1 Å². The van der Waals surface area contributed by atoms with Gasteiger partial charge in [-0.25, -0.2) is 17.5 Å². The van der Waals surface area contributed by atoms with Crippen molar-refractivity contribution < 1.29 is 17.3 Å². The number of sulfonamides is 1. The predicted molar refractivity (Wildman–Crippen MR) is 129 cm³/mol. The largest absolute Gasteiger partial charge is 0.356 e. The van der Waals surface area contributed by atoms with Crippen LogP contribution in [0, 0.1) is 18.7 Å². The van der Waals surface area contributed by atoms with E-state index in [1.807, 2.05) is 19.1 Å². The number of aryl methyl sites for hydroxylation is 2. The van der Waals surface area contributed by atoms with Gasteiger partial charge in [0.2, 0.25) is 10.0 Å². The first-order valence-corrected chi connectivity index (χ1v) is 13.4. The first kappa shape index (κ1) is 22.7. The Morgan fingerprint density at radius 2 is 2.06 bits per heavy atom. The maximum Gasteiger partial charge on any atom is 0.250 e. The molecule has 5 rings (SSSR count). The van der Waals surface area contributed by atoms with Crippen LogP contribution in [0.5, 0.6) is 0 Å². The van der Waals surface area contributed by atoms with E-state index in [1.165, 1.54) is 23.5 Å². The lowest BCUT2D eigenvalue weighted by Crippen LogP contribution is -2.51. The Morgan fingerprint density at radius 1 is 1.24 bits per heavy atom. The van der Waals surface area contributed by atoms with Crippen molar-refractivity contribution in [3.8, 4) is 0 Å². The lowest BCUT2D eigenvalue weighted by Gasteiger charge is -2.39. The molecule has 6 nitrogen and oxygen atoms in total. The lowest BCUT2D eigenvalue weighted by molar-refractivity contribution is 0.102. The molecule has 174 valence electrons. The average molecular weight is 508 g/mol. The minimum Gasteiger partial charge on any atom is -0.356 e. The summed E-state index contributed by atoms with van der Waals surface area (Å²) in [5.41, 5.74) is 2.05. The standard InChI is InChI=1S/C23H23ClFN3O3S2/c1-14-19-9-16(24)4-7-22(19)32-23(14)33(29,30)26-11-15-12-28(13-15)8-2-3-20-18-6-5-17(25)10-21(18)31-27-20/h4-7,9-10,15,26H,2-3,8,11-13H2,1H3. The number of nitrogens with zero attached hydrogens (tertiary/aromatic N) is 2. The van der Waals surface area contributed by atoms with Gasteiger partial charge in [0.15, 0.2) is 5.58 Å². The van der Waals surface area contributed by atoms with Gasteiger partial charge >= 0.3 is 0 Å². The molecule has 3 heterocycles. The molecule has 2 aromatic carbocycles. The van der Waals surface area contributed by atoms with Crippen LogP contribution in [0.1, 0.15) is 17.7 Å². The van der Waals surface area contributed by atoms with E-state index < -0.39 is 10.0 Å². The van der Waals surface area contributed by atoms with E-state index in [2.05, 4.69) is 14.8 Å². The Balaban J connectivity index is 1.10. The highest BCUT2D eigenvalue weighted by Gasteiger charge is 2.29. The third-order valence-corrected chi connectivity index (χ3v) is 9.64. The van der Waals surface area contributed by atoms with Gasteiger partial charge in [-0.3, -0.25) is 0 Å². The molecule has 4 aromatic rings. The fourth-order valence-corrected chi connectivity index (χ4v) is 7.40. The van der Waals surface area contributed by atoms with E-state index in [0.717, 1.165) is 59.2 Å². The maximum absolute atomic E-state index is 13.3. The molecule has 1 saturated heterocycles. The van der Waals surface area contributed by atoms with Crippen molar-refractivity contribution in [1.29, 1.82) is 0 Å². The second-order valence-electron chi connectivity index (χ2n) is 8.51. The van der Waals surface area contributed by atoms with E-state index in [-0.39, 0.29) is 5.82 Å². The molecule has 0 unspecified atom stereocenters. The second-order valence-corrected chi connectivity index (χ2v) is 12.0. The van der Waals surface area contributed by atoms with Crippen LogP contribution in [0.3, 0.4) is 0 Å². The van der Waals surface area contributed by atoms with Crippen molar-refractivity contribution in [3.63, 3.8) is 0 Å². The van der Waals surface area contributed by atoms with E-state index in [4.69, 9.17) is 16.1 Å². The highest BCUT2D eigenvalue weighted by atomic mass is 35.5. The lowest BCUT2D eigenvalue weighted by atomic mass is 10.00. The number of likely N-dealkylation sites (tertiary alicyclic amines) is 1. The van der Waals surface area contributed by atoms with Gasteiger partial charge in [-0.05, 0) is 73.5 Å². The number of fused-ring (bicyclic) bond motifs is 2. The van der Waals surface area contributed by atoms with Crippen molar-refractivity contribution in [1.82, 2.24) is 14.8 Å². The van der Waals surface area contributed by atoms with Gasteiger partial charge in [-0.2, -0.15) is 0 Å². The number of thiophene rings is 1. The minimum atomic E-state index is -3.56. The summed E-state index contributed by atoms with van der Waals surface area (Å²) < 4.78 is 48.3. The Hall–Kier alpha value is -2.04. The molecule has 0 aliphatic carbocycles. The number of halogens is 2. The van der Waals surface area contributed by atoms with Gasteiger partial charge < -0.3 is 9.42 Å². The van der Waals surface area contributed by atoms with Crippen LogP contribution in [-0.4, -0.2) is 44.7 Å². The Kier molecular flexibility index (Phi) is 6.17. The molecule has 0 spiro atoms. The zero-order chi connectivity index (χ0) is 23.2. The molecule has 1 fully saturated rings. The van der Waals surface area contributed by atoms with Crippen molar-refractivity contribution in [2.24, 2.45) is 5.92 Å². The summed E-state index contributed by atoms with van der Waals surface area (Å²) in [7, 11) is -3.56. The van der Waals surface area contributed by atoms with Crippen LogP contribution in [0.15, 0.2) is 45.1 Å². The zero-order valence-electron chi connectivity index (χ0n) is 18.0. The predicted octanol–water partition coefficient (Wildman–Crippen LogP) is 4.99. The van der Waals surface area contributed by atoms with Crippen LogP contribution < -0.4 is 4.72 Å². The van der Waals surface area contributed by atoms with Gasteiger partial charge in [0.05, 0.1) is 5.69 Å². The van der Waals surface area contributed by atoms with Gasteiger partial charge in [-0.1, -0.05) is 16.8 Å². The van der Waals surface area contributed by atoms with Crippen molar-refractivity contribution in [2.75, 3.05) is 26.2 Å². The molecular weight excluding hydrogens is 485 g/mol. The van der Waals surface area contributed by atoms with Crippen molar-refractivity contribution in [2.45, 2.75) is 24.0 Å². The number of hydrogen-bond acceptors (Lipinski definition) is 6. The first-order chi connectivity index (χ1) is 15.8. The molecular formula is C23H23ClFN3O3S2. The number of hydrogen-bond donors (Lipinski definition) is 1. The third-order valence-electron chi connectivity index (χ3n) is 6.09. The zero-order valence-corrected chi connectivity index (χ0v) is 20.4. The van der Waals surface area contributed by atoms with E-state index in [0.29, 0.717) is 27.3 Å². The first-order valence-electron chi connectivity index (χ1n) is 10.7. The van der Waals surface area contributed by atoms with Crippen LogP contribution in [0.4, 0.5) is 4.39 Å². The quantitative estimate of drug-likeness (QED) is 0.364. The van der Waals surface area contributed by atoms with Crippen LogP contribution in [-0.2, 0) is 16.4 Å². The molecule has 1 aliphatic rings. The Labute approximate surface area is 200 Å². The summed E-state index contributed by atoms with van der Waals surface area (Å²) in [6, 6.07) is 9.92. The van der Waals surface area contributed by atoms with Crippen molar-refractivity contribution in [3.05, 3.63) is 58.5 Å². The summed E-state index contributed by atoms with van der Waals surface area (Å²) in [4.78, 5) is 2.30. The van der Waals surface area contributed by atoms with E-state index in [1.54, 1.807) is 12.1 Å². The molecule has 33 heavy (non-hydrogen) atoms. The molecule has 1 aliphatic heterocycles.